The van der Waals surface area contributed by atoms with Crippen molar-refractivity contribution in [1.29, 1.82) is 0 Å². The lowest BCUT2D eigenvalue weighted by molar-refractivity contribution is 0.101. The van der Waals surface area contributed by atoms with Crippen LogP contribution in [0.4, 0.5) is 5.69 Å². The molecule has 0 unspecified atom stereocenters. The largest absolute Gasteiger partial charge is 0.319 e. The smallest absolute Gasteiger partial charge is 0.295 e. The molecular weight excluding hydrogens is 395 g/mol. The number of rotatable bonds is 4. The number of carbonyl (C=O) groups excluding carboxylic acids is 1. The third-order valence-corrected chi connectivity index (χ3v) is 4.48. The first kappa shape index (κ1) is 18.2. The maximum Gasteiger partial charge on any atom is 0.295 e. The maximum atomic E-state index is 12.7. The van der Waals surface area contributed by atoms with E-state index in [1.807, 2.05) is 42.5 Å². The van der Waals surface area contributed by atoms with E-state index in [0.29, 0.717) is 21.6 Å². The molecule has 4 rings (SSSR count). The van der Waals surface area contributed by atoms with Crippen LogP contribution in [0.2, 0.25) is 10.0 Å². The van der Waals surface area contributed by atoms with Crippen LogP contribution in [-0.2, 0) is 0 Å². The minimum absolute atomic E-state index is 0.0498. The van der Waals surface area contributed by atoms with Gasteiger partial charge in [-0.25, -0.2) is 9.67 Å². The van der Waals surface area contributed by atoms with Gasteiger partial charge in [0.15, 0.2) is 5.82 Å². The number of anilines is 1. The first-order valence-electron chi connectivity index (χ1n) is 8.45. The molecule has 0 aliphatic carbocycles. The molecule has 7 heteroatoms. The van der Waals surface area contributed by atoms with Gasteiger partial charge in [-0.15, -0.1) is 5.10 Å². The van der Waals surface area contributed by atoms with Gasteiger partial charge in [0.1, 0.15) is 0 Å². The second-order valence-corrected chi connectivity index (χ2v) is 6.85. The molecule has 0 saturated heterocycles. The molecule has 0 aliphatic heterocycles. The molecule has 28 heavy (non-hydrogen) atoms. The zero-order valence-corrected chi connectivity index (χ0v) is 16.0. The minimum Gasteiger partial charge on any atom is -0.319 e. The summed E-state index contributed by atoms with van der Waals surface area (Å²) in [7, 11) is 0. The number of hydrogen-bond donors (Lipinski definition) is 1. The van der Waals surface area contributed by atoms with E-state index in [0.717, 1.165) is 11.3 Å². The predicted molar refractivity (Wildman–Crippen MR) is 111 cm³/mol. The summed E-state index contributed by atoms with van der Waals surface area (Å²) in [5.74, 6) is 0.152. The highest BCUT2D eigenvalue weighted by molar-refractivity contribution is 6.31. The second-order valence-electron chi connectivity index (χ2n) is 5.98. The van der Waals surface area contributed by atoms with Gasteiger partial charge in [0, 0.05) is 21.3 Å². The molecule has 1 amide bonds. The van der Waals surface area contributed by atoms with E-state index in [9.17, 15) is 4.79 Å². The van der Waals surface area contributed by atoms with E-state index in [-0.39, 0.29) is 5.82 Å². The zero-order valence-electron chi connectivity index (χ0n) is 14.5. The highest BCUT2D eigenvalue weighted by atomic mass is 35.5. The van der Waals surface area contributed by atoms with Crippen molar-refractivity contribution in [2.45, 2.75) is 0 Å². The Kier molecular flexibility index (Phi) is 5.10. The van der Waals surface area contributed by atoms with Crippen LogP contribution >= 0.6 is 23.2 Å². The normalized spacial score (nSPS) is 10.6. The van der Waals surface area contributed by atoms with Crippen LogP contribution in [0.5, 0.6) is 0 Å². The Morgan fingerprint density at radius 3 is 2.32 bits per heavy atom. The van der Waals surface area contributed by atoms with E-state index >= 15 is 0 Å². The summed E-state index contributed by atoms with van der Waals surface area (Å²) in [5.41, 5.74) is 2.14. The Balaban J connectivity index is 1.77. The Morgan fingerprint density at radius 2 is 1.61 bits per heavy atom. The van der Waals surface area contributed by atoms with Gasteiger partial charge in [0.05, 0.1) is 5.69 Å². The molecule has 0 saturated carbocycles. The lowest BCUT2D eigenvalue weighted by atomic mass is 10.2. The fraction of sp³-hybridized carbons (Fsp3) is 0. The van der Waals surface area contributed by atoms with Gasteiger partial charge in [-0.05, 0) is 48.5 Å². The van der Waals surface area contributed by atoms with Crippen molar-refractivity contribution in [1.82, 2.24) is 14.8 Å². The van der Waals surface area contributed by atoms with Crippen LogP contribution in [0.3, 0.4) is 0 Å². The summed E-state index contributed by atoms with van der Waals surface area (Å²) in [6.07, 6.45) is 0. The Labute approximate surface area is 171 Å². The highest BCUT2D eigenvalue weighted by Crippen LogP contribution is 2.25. The van der Waals surface area contributed by atoms with Crippen LogP contribution in [0, 0.1) is 0 Å². The predicted octanol–water partition coefficient (Wildman–Crippen LogP) is 5.49. The van der Waals surface area contributed by atoms with E-state index in [4.69, 9.17) is 23.2 Å². The standard InChI is InChI=1S/C21H14Cl2N4O/c22-15-9-11-18(12-10-15)27-20(14-5-4-6-16(23)13-14)25-19(26-27)21(28)24-17-7-2-1-3-8-17/h1-13H,(H,24,28). The summed E-state index contributed by atoms with van der Waals surface area (Å²) in [4.78, 5) is 17.1. The number of aromatic nitrogens is 3. The summed E-state index contributed by atoms with van der Waals surface area (Å²) < 4.78 is 1.60. The van der Waals surface area contributed by atoms with Crippen LogP contribution in [0.25, 0.3) is 17.1 Å². The monoisotopic (exact) mass is 408 g/mol. The summed E-state index contributed by atoms with van der Waals surface area (Å²) in [5, 5.41) is 8.39. The molecular formula is C21H14Cl2N4O. The molecule has 0 spiro atoms. The molecule has 0 bridgehead atoms. The van der Waals surface area contributed by atoms with Crippen molar-refractivity contribution < 1.29 is 4.79 Å². The van der Waals surface area contributed by atoms with E-state index in [2.05, 4.69) is 15.4 Å². The number of benzene rings is 3. The molecule has 5 nitrogen and oxygen atoms in total. The molecule has 0 atom stereocenters. The third-order valence-electron chi connectivity index (χ3n) is 4.00. The topological polar surface area (TPSA) is 59.8 Å². The Hall–Kier alpha value is -3.15. The van der Waals surface area contributed by atoms with Crippen molar-refractivity contribution in [2.75, 3.05) is 5.32 Å². The maximum absolute atomic E-state index is 12.7. The van der Waals surface area contributed by atoms with Gasteiger partial charge in [-0.1, -0.05) is 53.5 Å². The molecule has 1 heterocycles. The number of hydrogen-bond acceptors (Lipinski definition) is 3. The summed E-state index contributed by atoms with van der Waals surface area (Å²) >= 11 is 12.1. The number of nitrogens with zero attached hydrogens (tertiary/aromatic N) is 3. The molecule has 0 aliphatic rings. The lowest BCUT2D eigenvalue weighted by Crippen LogP contribution is -2.14. The number of nitrogens with one attached hydrogen (secondary N) is 1. The lowest BCUT2D eigenvalue weighted by Gasteiger charge is -2.06. The third kappa shape index (κ3) is 3.91. The molecule has 138 valence electrons. The van der Waals surface area contributed by atoms with E-state index < -0.39 is 5.91 Å². The van der Waals surface area contributed by atoms with Crippen LogP contribution in [-0.4, -0.2) is 20.7 Å². The van der Waals surface area contributed by atoms with Crippen molar-refractivity contribution in [3.05, 3.63) is 94.7 Å². The summed E-state index contributed by atoms with van der Waals surface area (Å²) in [6, 6.07) is 23.5. The number of amides is 1. The second kappa shape index (κ2) is 7.84. The van der Waals surface area contributed by atoms with Gasteiger partial charge in [0.2, 0.25) is 5.82 Å². The van der Waals surface area contributed by atoms with Crippen LogP contribution < -0.4 is 5.32 Å². The first-order valence-corrected chi connectivity index (χ1v) is 9.21. The molecule has 0 radical (unpaired) electrons. The molecule has 1 aromatic heterocycles. The molecule has 3 aromatic carbocycles. The number of para-hydroxylation sites is 1. The first-order chi connectivity index (χ1) is 13.6. The molecule has 1 N–H and O–H groups in total. The average molecular weight is 409 g/mol. The van der Waals surface area contributed by atoms with Crippen molar-refractivity contribution in [2.24, 2.45) is 0 Å². The van der Waals surface area contributed by atoms with Crippen molar-refractivity contribution >= 4 is 34.8 Å². The fourth-order valence-electron chi connectivity index (χ4n) is 2.69. The quantitative estimate of drug-likeness (QED) is 0.485. The van der Waals surface area contributed by atoms with Gasteiger partial charge in [-0.3, -0.25) is 4.79 Å². The van der Waals surface area contributed by atoms with Gasteiger partial charge in [-0.2, -0.15) is 0 Å². The van der Waals surface area contributed by atoms with E-state index in [1.165, 1.54) is 0 Å². The van der Waals surface area contributed by atoms with Gasteiger partial charge < -0.3 is 5.32 Å². The zero-order chi connectivity index (χ0) is 19.5. The van der Waals surface area contributed by atoms with E-state index in [1.54, 1.807) is 41.1 Å². The average Bonchev–Trinajstić information content (AvgIpc) is 3.15. The molecule has 4 aromatic rings. The SMILES string of the molecule is O=C(Nc1ccccc1)c1nc(-c2cccc(Cl)c2)n(-c2ccc(Cl)cc2)n1. The van der Waals surface area contributed by atoms with Gasteiger partial charge in [0.25, 0.3) is 5.91 Å². The van der Waals surface area contributed by atoms with Crippen LogP contribution in [0.1, 0.15) is 10.6 Å². The van der Waals surface area contributed by atoms with Gasteiger partial charge >= 0.3 is 0 Å². The fourth-order valence-corrected chi connectivity index (χ4v) is 3.01. The Bertz CT molecular complexity index is 1120. The van der Waals surface area contributed by atoms with Crippen molar-refractivity contribution in [3.8, 4) is 17.1 Å². The summed E-state index contributed by atoms with van der Waals surface area (Å²) in [6.45, 7) is 0. The number of halogens is 2. The number of carbonyl (C=O) groups is 1. The van der Waals surface area contributed by atoms with Crippen molar-refractivity contribution in [3.63, 3.8) is 0 Å². The highest BCUT2D eigenvalue weighted by Gasteiger charge is 2.19. The van der Waals surface area contributed by atoms with Crippen LogP contribution in [0.15, 0.2) is 78.9 Å². The minimum atomic E-state index is -0.401. The Morgan fingerprint density at radius 1 is 0.857 bits per heavy atom. The molecule has 0 fully saturated rings.